The number of hydrogen-bond donors (Lipinski definition) is 1. The van der Waals surface area contributed by atoms with Crippen molar-refractivity contribution in [3.8, 4) is 6.07 Å². The molecule has 27 heavy (non-hydrogen) atoms. The Hall–Kier alpha value is -3.06. The summed E-state index contributed by atoms with van der Waals surface area (Å²) in [5, 5.41) is 13.3. The van der Waals surface area contributed by atoms with Crippen LogP contribution in [-0.2, 0) is 6.54 Å². The average molecular weight is 359 g/mol. The smallest absolute Gasteiger partial charge is 0.253 e. The fourth-order valence-corrected chi connectivity index (χ4v) is 3.48. The molecule has 1 heterocycles. The molecular formula is C23H25N3O. The first-order chi connectivity index (χ1) is 13.0. The minimum Gasteiger partial charge on any atom is -0.347 e. The van der Waals surface area contributed by atoms with E-state index in [9.17, 15) is 10.1 Å². The zero-order valence-electron chi connectivity index (χ0n) is 16.1. The number of carbonyl (C=O) groups excluding carboxylic acids is 1. The van der Waals surface area contributed by atoms with E-state index in [0.717, 1.165) is 29.4 Å². The van der Waals surface area contributed by atoms with Gasteiger partial charge in [0.25, 0.3) is 5.91 Å². The molecule has 0 aliphatic heterocycles. The molecule has 1 unspecified atom stereocenters. The van der Waals surface area contributed by atoms with E-state index >= 15 is 0 Å². The number of rotatable bonds is 6. The Morgan fingerprint density at radius 1 is 1.19 bits per heavy atom. The second-order valence-electron chi connectivity index (χ2n) is 7.24. The van der Waals surface area contributed by atoms with Gasteiger partial charge < -0.3 is 9.88 Å². The van der Waals surface area contributed by atoms with Crippen LogP contribution in [0.15, 0.2) is 54.7 Å². The van der Waals surface area contributed by atoms with E-state index in [2.05, 4.69) is 37.4 Å². The van der Waals surface area contributed by atoms with Gasteiger partial charge in [0.05, 0.1) is 23.2 Å². The quantitative estimate of drug-likeness (QED) is 0.669. The number of benzene rings is 2. The molecule has 138 valence electrons. The molecule has 2 aromatic carbocycles. The molecule has 0 bridgehead atoms. The molecule has 0 spiro atoms. The lowest BCUT2D eigenvalue weighted by molar-refractivity contribution is 0.0933. The van der Waals surface area contributed by atoms with Crippen LogP contribution in [0, 0.1) is 17.2 Å². The first-order valence-corrected chi connectivity index (χ1v) is 9.42. The fraction of sp³-hybridized carbons (Fsp3) is 0.304. The zero-order chi connectivity index (χ0) is 19.4. The van der Waals surface area contributed by atoms with Crippen molar-refractivity contribution in [2.24, 2.45) is 5.92 Å². The number of aromatic nitrogens is 1. The van der Waals surface area contributed by atoms with Crippen LogP contribution in [0.2, 0.25) is 0 Å². The largest absolute Gasteiger partial charge is 0.347 e. The lowest BCUT2D eigenvalue weighted by Crippen LogP contribution is -2.29. The van der Waals surface area contributed by atoms with Crippen LogP contribution in [0.5, 0.6) is 0 Å². The summed E-state index contributed by atoms with van der Waals surface area (Å²) < 4.78 is 2.05. The van der Waals surface area contributed by atoms with Crippen LogP contribution in [-0.4, -0.2) is 10.5 Å². The standard InChI is InChI=1S/C23H25N3O/c1-4-26-15-20(19-13-17(14-24)10-11-22(19)26)23(27)25-21(12-16(2)3)18-8-6-5-7-9-18/h5-11,13,15-16,21H,4,12H2,1-3H3,(H,25,27). The van der Waals surface area contributed by atoms with Crippen molar-refractivity contribution in [1.82, 2.24) is 9.88 Å². The summed E-state index contributed by atoms with van der Waals surface area (Å²) in [4.78, 5) is 13.1. The third-order valence-electron chi connectivity index (χ3n) is 4.81. The number of aryl methyl sites for hydroxylation is 1. The zero-order valence-corrected chi connectivity index (χ0v) is 16.1. The summed E-state index contributed by atoms with van der Waals surface area (Å²) >= 11 is 0. The molecule has 1 N–H and O–H groups in total. The van der Waals surface area contributed by atoms with Gasteiger partial charge >= 0.3 is 0 Å². The molecule has 0 saturated heterocycles. The maximum absolute atomic E-state index is 13.1. The first-order valence-electron chi connectivity index (χ1n) is 9.42. The van der Waals surface area contributed by atoms with E-state index in [-0.39, 0.29) is 11.9 Å². The molecule has 0 aliphatic rings. The van der Waals surface area contributed by atoms with Crippen LogP contribution in [0.3, 0.4) is 0 Å². The molecule has 4 heteroatoms. The molecule has 3 aromatic rings. The molecule has 0 fully saturated rings. The van der Waals surface area contributed by atoms with Crippen LogP contribution < -0.4 is 5.32 Å². The van der Waals surface area contributed by atoms with E-state index < -0.39 is 0 Å². The molecule has 4 nitrogen and oxygen atoms in total. The van der Waals surface area contributed by atoms with Crippen molar-refractivity contribution < 1.29 is 4.79 Å². The maximum atomic E-state index is 13.1. The molecule has 1 aromatic heterocycles. The van der Waals surface area contributed by atoms with Crippen molar-refractivity contribution in [2.45, 2.75) is 39.8 Å². The maximum Gasteiger partial charge on any atom is 0.253 e. The molecule has 1 atom stereocenters. The lowest BCUT2D eigenvalue weighted by atomic mass is 9.96. The van der Waals surface area contributed by atoms with Crippen molar-refractivity contribution in [3.63, 3.8) is 0 Å². The second-order valence-corrected chi connectivity index (χ2v) is 7.24. The molecule has 1 amide bonds. The summed E-state index contributed by atoms with van der Waals surface area (Å²) in [5.41, 5.74) is 3.26. The minimum absolute atomic E-state index is 0.0436. The first kappa shape index (κ1) is 18.7. The number of carbonyl (C=O) groups is 1. The normalized spacial score (nSPS) is 12.1. The highest BCUT2D eigenvalue weighted by Crippen LogP contribution is 2.26. The van der Waals surface area contributed by atoms with Crippen molar-refractivity contribution >= 4 is 16.8 Å². The van der Waals surface area contributed by atoms with E-state index in [0.29, 0.717) is 17.0 Å². The minimum atomic E-state index is -0.100. The summed E-state index contributed by atoms with van der Waals surface area (Å²) in [6, 6.07) is 17.7. The van der Waals surface area contributed by atoms with Gasteiger partial charge in [-0.05, 0) is 43.0 Å². The average Bonchev–Trinajstić information content (AvgIpc) is 3.05. The van der Waals surface area contributed by atoms with Gasteiger partial charge in [-0.3, -0.25) is 4.79 Å². The SMILES string of the molecule is CCn1cc(C(=O)NC(CC(C)C)c2ccccc2)c2cc(C#N)ccc21. The van der Waals surface area contributed by atoms with Gasteiger partial charge in [0.15, 0.2) is 0 Å². The number of fused-ring (bicyclic) bond motifs is 1. The summed E-state index contributed by atoms with van der Waals surface area (Å²) in [6.45, 7) is 7.13. The Morgan fingerprint density at radius 2 is 1.93 bits per heavy atom. The Bertz CT molecular complexity index is 980. The lowest BCUT2D eigenvalue weighted by Gasteiger charge is -2.21. The van der Waals surface area contributed by atoms with E-state index in [1.807, 2.05) is 42.0 Å². The van der Waals surface area contributed by atoms with E-state index in [1.54, 1.807) is 12.1 Å². The van der Waals surface area contributed by atoms with Crippen molar-refractivity contribution in [1.29, 1.82) is 5.26 Å². The fourth-order valence-electron chi connectivity index (χ4n) is 3.48. The van der Waals surface area contributed by atoms with Gasteiger partial charge in [0, 0.05) is 23.6 Å². The van der Waals surface area contributed by atoms with Crippen LogP contribution in [0.1, 0.15) is 54.7 Å². The molecule has 3 rings (SSSR count). The number of nitrogens with one attached hydrogen (secondary N) is 1. The monoisotopic (exact) mass is 359 g/mol. The van der Waals surface area contributed by atoms with Crippen LogP contribution >= 0.6 is 0 Å². The van der Waals surface area contributed by atoms with Crippen molar-refractivity contribution in [2.75, 3.05) is 0 Å². The number of nitrogens with zero attached hydrogens (tertiary/aromatic N) is 2. The number of nitriles is 1. The molecule has 0 radical (unpaired) electrons. The van der Waals surface area contributed by atoms with Gasteiger partial charge in [-0.25, -0.2) is 0 Å². The Morgan fingerprint density at radius 3 is 2.56 bits per heavy atom. The van der Waals surface area contributed by atoms with Crippen LogP contribution in [0.25, 0.3) is 10.9 Å². The molecule has 0 saturated carbocycles. The van der Waals surface area contributed by atoms with Gasteiger partial charge in [0.1, 0.15) is 0 Å². The molecule has 0 aliphatic carbocycles. The molecular weight excluding hydrogens is 334 g/mol. The summed E-state index contributed by atoms with van der Waals surface area (Å²) in [5.74, 6) is 0.356. The Labute approximate surface area is 160 Å². The Balaban J connectivity index is 1.98. The van der Waals surface area contributed by atoms with Gasteiger partial charge in [-0.1, -0.05) is 44.2 Å². The predicted octanol–water partition coefficient (Wildman–Crippen LogP) is 5.05. The summed E-state index contributed by atoms with van der Waals surface area (Å²) in [6.07, 6.45) is 2.75. The second kappa shape index (κ2) is 8.09. The van der Waals surface area contributed by atoms with Gasteiger partial charge in [-0.15, -0.1) is 0 Å². The van der Waals surface area contributed by atoms with Crippen LogP contribution in [0.4, 0.5) is 0 Å². The predicted molar refractivity (Wildman–Crippen MR) is 108 cm³/mol. The number of hydrogen-bond acceptors (Lipinski definition) is 2. The Kier molecular flexibility index (Phi) is 5.61. The van der Waals surface area contributed by atoms with Gasteiger partial charge in [0.2, 0.25) is 0 Å². The highest BCUT2D eigenvalue weighted by atomic mass is 16.1. The van der Waals surface area contributed by atoms with Crippen molar-refractivity contribution in [3.05, 3.63) is 71.4 Å². The summed E-state index contributed by atoms with van der Waals surface area (Å²) in [7, 11) is 0. The van der Waals surface area contributed by atoms with E-state index in [4.69, 9.17) is 0 Å². The van der Waals surface area contributed by atoms with Gasteiger partial charge in [-0.2, -0.15) is 5.26 Å². The number of amides is 1. The third kappa shape index (κ3) is 4.03. The highest BCUT2D eigenvalue weighted by molar-refractivity contribution is 6.07. The van der Waals surface area contributed by atoms with E-state index in [1.165, 1.54) is 0 Å². The topological polar surface area (TPSA) is 57.8 Å². The third-order valence-corrected chi connectivity index (χ3v) is 4.81. The highest BCUT2D eigenvalue weighted by Gasteiger charge is 2.20.